The van der Waals surface area contributed by atoms with Gasteiger partial charge in [0.25, 0.3) is 5.91 Å². The normalized spacial score (nSPS) is 9.89. The Hall–Kier alpha value is -2.54. The zero-order valence-electron chi connectivity index (χ0n) is 10.6. The first-order chi connectivity index (χ1) is 9.24. The van der Waals surface area contributed by atoms with E-state index in [-0.39, 0.29) is 5.91 Å². The molecule has 96 valence electrons. The highest BCUT2D eigenvalue weighted by molar-refractivity contribution is 5.95. The summed E-state index contributed by atoms with van der Waals surface area (Å²) in [5, 5.41) is 11.6. The van der Waals surface area contributed by atoms with Crippen molar-refractivity contribution in [1.29, 1.82) is 5.26 Å². The molecule has 0 unspecified atom stereocenters. The van der Waals surface area contributed by atoms with Crippen molar-refractivity contribution in [2.45, 2.75) is 19.9 Å². The molecule has 0 fully saturated rings. The van der Waals surface area contributed by atoms with E-state index in [1.54, 1.807) is 24.3 Å². The van der Waals surface area contributed by atoms with E-state index in [9.17, 15) is 4.79 Å². The Bertz CT molecular complexity index is 623. The molecule has 0 aliphatic carbocycles. The van der Waals surface area contributed by atoms with E-state index in [2.05, 4.69) is 11.4 Å². The molecule has 1 heterocycles. The molecule has 2 rings (SSSR count). The second-order valence-corrected chi connectivity index (χ2v) is 4.11. The fourth-order valence-corrected chi connectivity index (χ4v) is 1.85. The molecule has 19 heavy (non-hydrogen) atoms. The maximum absolute atomic E-state index is 12.0. The Labute approximate surface area is 111 Å². The number of amides is 1. The van der Waals surface area contributed by atoms with E-state index >= 15 is 0 Å². The first kappa shape index (κ1) is 12.9. The van der Waals surface area contributed by atoms with Gasteiger partial charge < -0.3 is 9.73 Å². The molecule has 4 heteroatoms. The maximum Gasteiger partial charge on any atom is 0.255 e. The number of carbonyl (C=O) groups excluding carboxylic acids is 1. The number of nitrogens with zero attached hydrogens (tertiary/aromatic N) is 1. The van der Waals surface area contributed by atoms with E-state index < -0.39 is 0 Å². The first-order valence-electron chi connectivity index (χ1n) is 6.08. The molecular formula is C15H14N2O2. The van der Waals surface area contributed by atoms with Crippen LogP contribution in [-0.2, 0) is 13.0 Å². The van der Waals surface area contributed by atoms with Gasteiger partial charge in [0.05, 0.1) is 23.5 Å². The van der Waals surface area contributed by atoms with Crippen LogP contribution in [0.3, 0.4) is 0 Å². The number of rotatable bonds is 4. The van der Waals surface area contributed by atoms with Crippen molar-refractivity contribution in [2.24, 2.45) is 0 Å². The van der Waals surface area contributed by atoms with Crippen molar-refractivity contribution in [3.63, 3.8) is 0 Å². The van der Waals surface area contributed by atoms with Gasteiger partial charge in [0.15, 0.2) is 0 Å². The Kier molecular flexibility index (Phi) is 3.99. The van der Waals surface area contributed by atoms with Gasteiger partial charge in [0.1, 0.15) is 5.76 Å². The molecule has 0 spiro atoms. The summed E-state index contributed by atoms with van der Waals surface area (Å²) in [6.07, 6.45) is 2.20. The van der Waals surface area contributed by atoms with Crippen LogP contribution in [0.1, 0.15) is 34.2 Å². The maximum atomic E-state index is 12.0. The zero-order chi connectivity index (χ0) is 13.7. The summed E-state index contributed by atoms with van der Waals surface area (Å²) in [5.74, 6) is 0.524. The van der Waals surface area contributed by atoms with Crippen molar-refractivity contribution >= 4 is 5.91 Å². The summed E-state index contributed by atoms with van der Waals surface area (Å²) in [6, 6.07) is 10.9. The molecule has 1 amide bonds. The number of furan rings is 1. The molecule has 0 aliphatic rings. The van der Waals surface area contributed by atoms with Crippen molar-refractivity contribution in [3.8, 4) is 6.07 Å². The Balaban J connectivity index is 2.03. The molecule has 0 saturated carbocycles. The summed E-state index contributed by atoms with van der Waals surface area (Å²) in [7, 11) is 0. The van der Waals surface area contributed by atoms with Gasteiger partial charge >= 0.3 is 0 Å². The van der Waals surface area contributed by atoms with Gasteiger partial charge in [-0.25, -0.2) is 0 Å². The number of benzene rings is 1. The van der Waals surface area contributed by atoms with Crippen LogP contribution >= 0.6 is 0 Å². The summed E-state index contributed by atoms with van der Waals surface area (Å²) in [5.41, 5.74) is 2.05. The lowest BCUT2D eigenvalue weighted by Crippen LogP contribution is -2.23. The Morgan fingerprint density at radius 2 is 2.26 bits per heavy atom. The van der Waals surface area contributed by atoms with Gasteiger partial charge in [-0.1, -0.05) is 19.1 Å². The summed E-state index contributed by atoms with van der Waals surface area (Å²) in [6.45, 7) is 2.33. The van der Waals surface area contributed by atoms with Gasteiger partial charge in [0, 0.05) is 13.0 Å². The predicted octanol–water partition coefficient (Wildman–Crippen LogP) is 2.64. The van der Waals surface area contributed by atoms with Crippen molar-refractivity contribution in [1.82, 2.24) is 5.32 Å². The summed E-state index contributed by atoms with van der Waals surface area (Å²) >= 11 is 0. The van der Waals surface area contributed by atoms with Gasteiger partial charge in [0.2, 0.25) is 0 Å². The van der Waals surface area contributed by atoms with Crippen LogP contribution in [0.25, 0.3) is 0 Å². The Morgan fingerprint density at radius 3 is 3.00 bits per heavy atom. The standard InChI is InChI=1S/C15H14N2O2/c1-2-14-13(6-7-19-14)15(18)17-10-12-5-3-4-11(8-12)9-16/h3-8H,2,10H2,1H3,(H,17,18). The lowest BCUT2D eigenvalue weighted by molar-refractivity contribution is 0.0949. The summed E-state index contributed by atoms with van der Waals surface area (Å²) < 4.78 is 5.22. The average molecular weight is 254 g/mol. The van der Waals surface area contributed by atoms with Crippen molar-refractivity contribution < 1.29 is 9.21 Å². The minimum atomic E-state index is -0.159. The monoisotopic (exact) mass is 254 g/mol. The van der Waals surface area contributed by atoms with Gasteiger partial charge in [-0.05, 0) is 23.8 Å². The van der Waals surface area contributed by atoms with Gasteiger partial charge in [-0.2, -0.15) is 5.26 Å². The third-order valence-electron chi connectivity index (χ3n) is 2.82. The molecule has 0 bridgehead atoms. The lowest BCUT2D eigenvalue weighted by Gasteiger charge is -2.05. The minimum Gasteiger partial charge on any atom is -0.469 e. The molecule has 2 aromatic rings. The molecule has 1 N–H and O–H groups in total. The van der Waals surface area contributed by atoms with E-state index in [1.165, 1.54) is 6.26 Å². The van der Waals surface area contributed by atoms with Crippen LogP contribution in [-0.4, -0.2) is 5.91 Å². The molecule has 1 aromatic carbocycles. The average Bonchev–Trinajstić information content (AvgIpc) is 2.93. The van der Waals surface area contributed by atoms with E-state index in [0.717, 1.165) is 5.56 Å². The summed E-state index contributed by atoms with van der Waals surface area (Å²) in [4.78, 5) is 12.0. The number of carbonyl (C=O) groups is 1. The largest absolute Gasteiger partial charge is 0.469 e. The van der Waals surface area contributed by atoms with Crippen LogP contribution in [0, 0.1) is 11.3 Å². The number of hydrogen-bond donors (Lipinski definition) is 1. The van der Waals surface area contributed by atoms with E-state index in [0.29, 0.717) is 29.9 Å². The highest BCUT2D eigenvalue weighted by Gasteiger charge is 2.12. The molecule has 1 aromatic heterocycles. The fourth-order valence-electron chi connectivity index (χ4n) is 1.85. The van der Waals surface area contributed by atoms with Crippen LogP contribution in [0.4, 0.5) is 0 Å². The van der Waals surface area contributed by atoms with Gasteiger partial charge in [-0.15, -0.1) is 0 Å². The minimum absolute atomic E-state index is 0.159. The molecular weight excluding hydrogens is 240 g/mol. The third kappa shape index (κ3) is 3.02. The van der Waals surface area contributed by atoms with Gasteiger partial charge in [-0.3, -0.25) is 4.79 Å². The second kappa shape index (κ2) is 5.87. The highest BCUT2D eigenvalue weighted by Crippen LogP contribution is 2.11. The Morgan fingerprint density at radius 1 is 1.42 bits per heavy atom. The van der Waals surface area contributed by atoms with Crippen molar-refractivity contribution in [3.05, 3.63) is 59.0 Å². The number of aryl methyl sites for hydroxylation is 1. The third-order valence-corrected chi connectivity index (χ3v) is 2.82. The smallest absolute Gasteiger partial charge is 0.255 e. The predicted molar refractivity (Wildman–Crippen MR) is 70.4 cm³/mol. The van der Waals surface area contributed by atoms with Crippen LogP contribution in [0.5, 0.6) is 0 Å². The van der Waals surface area contributed by atoms with Crippen LogP contribution < -0.4 is 5.32 Å². The topological polar surface area (TPSA) is 66.0 Å². The van der Waals surface area contributed by atoms with Crippen molar-refractivity contribution in [2.75, 3.05) is 0 Å². The molecule has 0 atom stereocenters. The quantitative estimate of drug-likeness (QED) is 0.912. The fraction of sp³-hybridized carbons (Fsp3) is 0.200. The van der Waals surface area contributed by atoms with Crippen LogP contribution in [0.15, 0.2) is 41.0 Å². The molecule has 0 aliphatic heterocycles. The van der Waals surface area contributed by atoms with E-state index in [1.807, 2.05) is 13.0 Å². The SMILES string of the molecule is CCc1occc1C(=O)NCc1cccc(C#N)c1. The number of nitrogens with one attached hydrogen (secondary N) is 1. The zero-order valence-corrected chi connectivity index (χ0v) is 10.6. The van der Waals surface area contributed by atoms with Crippen LogP contribution in [0.2, 0.25) is 0 Å². The number of hydrogen-bond acceptors (Lipinski definition) is 3. The molecule has 4 nitrogen and oxygen atoms in total. The highest BCUT2D eigenvalue weighted by atomic mass is 16.3. The van der Waals surface area contributed by atoms with E-state index in [4.69, 9.17) is 9.68 Å². The first-order valence-corrected chi connectivity index (χ1v) is 6.08. The second-order valence-electron chi connectivity index (χ2n) is 4.11. The molecule has 0 radical (unpaired) electrons. The lowest BCUT2D eigenvalue weighted by atomic mass is 10.1. The molecule has 0 saturated heterocycles. The number of nitriles is 1.